The van der Waals surface area contributed by atoms with Crippen molar-refractivity contribution in [1.82, 2.24) is 9.88 Å². The molecule has 2 rings (SSSR count). The van der Waals surface area contributed by atoms with E-state index in [4.69, 9.17) is 0 Å². The first kappa shape index (κ1) is 15.3. The van der Waals surface area contributed by atoms with E-state index >= 15 is 0 Å². The quantitative estimate of drug-likeness (QED) is 0.860. The molecule has 1 aliphatic rings. The molecule has 1 heterocycles. The molecule has 0 atom stereocenters. The third-order valence-electron chi connectivity index (χ3n) is 3.77. The molecule has 1 amide bonds. The van der Waals surface area contributed by atoms with E-state index in [9.17, 15) is 9.59 Å². The summed E-state index contributed by atoms with van der Waals surface area (Å²) < 4.78 is 2.28. The number of carbonyl (C=O) groups is 1. The van der Waals surface area contributed by atoms with Crippen LogP contribution in [0.15, 0.2) is 21.5 Å². The van der Waals surface area contributed by atoms with Gasteiger partial charge in [-0.25, -0.2) is 0 Å². The van der Waals surface area contributed by atoms with Gasteiger partial charge in [0.1, 0.15) is 6.54 Å². The zero-order chi connectivity index (χ0) is 14.5. The van der Waals surface area contributed by atoms with Crippen molar-refractivity contribution in [3.8, 4) is 0 Å². The van der Waals surface area contributed by atoms with E-state index in [0.717, 1.165) is 17.3 Å². The maximum atomic E-state index is 12.1. The number of amides is 1. The maximum Gasteiger partial charge on any atom is 0.253 e. The first-order valence-corrected chi connectivity index (χ1v) is 8.01. The number of nitrogens with zero attached hydrogens (tertiary/aromatic N) is 1. The molecular weight excluding hydrogens is 320 g/mol. The molecule has 1 aromatic heterocycles. The van der Waals surface area contributed by atoms with Crippen LogP contribution in [0, 0.1) is 6.92 Å². The van der Waals surface area contributed by atoms with Crippen molar-refractivity contribution >= 4 is 21.8 Å². The Balaban J connectivity index is 1.99. The van der Waals surface area contributed by atoms with Gasteiger partial charge in [0.2, 0.25) is 5.91 Å². The summed E-state index contributed by atoms with van der Waals surface area (Å²) in [6.07, 6.45) is 8.66. The van der Waals surface area contributed by atoms with Gasteiger partial charge in [-0.2, -0.15) is 0 Å². The molecule has 4 nitrogen and oxygen atoms in total. The minimum absolute atomic E-state index is 0.0727. The summed E-state index contributed by atoms with van der Waals surface area (Å²) in [6.45, 7) is 1.85. The predicted octanol–water partition coefficient (Wildman–Crippen LogP) is 2.76. The molecule has 0 aromatic carbocycles. The molecule has 1 fully saturated rings. The monoisotopic (exact) mass is 340 g/mol. The van der Waals surface area contributed by atoms with E-state index in [1.54, 1.807) is 19.2 Å². The number of nitrogens with one attached hydrogen (secondary N) is 1. The minimum atomic E-state index is -0.107. The molecule has 110 valence electrons. The number of pyridine rings is 1. The molecule has 0 spiro atoms. The summed E-state index contributed by atoms with van der Waals surface area (Å²) in [4.78, 5) is 24.0. The van der Waals surface area contributed by atoms with Crippen LogP contribution >= 0.6 is 15.9 Å². The Morgan fingerprint density at radius 3 is 2.65 bits per heavy atom. The zero-order valence-corrected chi connectivity index (χ0v) is 13.4. The summed E-state index contributed by atoms with van der Waals surface area (Å²) in [7, 11) is 0. The highest BCUT2D eigenvalue weighted by molar-refractivity contribution is 9.10. The van der Waals surface area contributed by atoms with E-state index in [1.165, 1.54) is 30.3 Å². The molecule has 0 radical (unpaired) electrons. The number of rotatable bonds is 3. The maximum absolute atomic E-state index is 12.1. The average molecular weight is 341 g/mol. The smallest absolute Gasteiger partial charge is 0.253 e. The second-order valence-corrected chi connectivity index (χ2v) is 6.45. The Hall–Kier alpha value is -1.10. The summed E-state index contributed by atoms with van der Waals surface area (Å²) in [5, 5.41) is 3.06. The van der Waals surface area contributed by atoms with Crippen LogP contribution in [-0.4, -0.2) is 16.5 Å². The Morgan fingerprint density at radius 2 is 2.00 bits per heavy atom. The van der Waals surface area contributed by atoms with Crippen molar-refractivity contribution in [3.05, 3.63) is 32.7 Å². The number of hydrogen-bond acceptors (Lipinski definition) is 2. The van der Waals surface area contributed by atoms with Crippen molar-refractivity contribution in [2.75, 3.05) is 0 Å². The lowest BCUT2D eigenvalue weighted by Crippen LogP contribution is -2.38. The molecule has 1 saturated carbocycles. The normalized spacial score (nSPS) is 16.7. The first-order chi connectivity index (χ1) is 9.56. The van der Waals surface area contributed by atoms with Crippen LogP contribution in [0.3, 0.4) is 0 Å². The molecule has 5 heteroatoms. The fraction of sp³-hybridized carbons (Fsp3) is 0.600. The van der Waals surface area contributed by atoms with Crippen LogP contribution in [0.4, 0.5) is 0 Å². The molecule has 1 aliphatic carbocycles. The van der Waals surface area contributed by atoms with Gasteiger partial charge in [0.15, 0.2) is 0 Å². The van der Waals surface area contributed by atoms with E-state index in [0.29, 0.717) is 5.56 Å². The Bertz CT molecular complexity index is 531. The van der Waals surface area contributed by atoms with E-state index < -0.39 is 0 Å². The van der Waals surface area contributed by atoms with Crippen LogP contribution < -0.4 is 10.9 Å². The van der Waals surface area contributed by atoms with Gasteiger partial charge in [0.25, 0.3) is 5.56 Å². The van der Waals surface area contributed by atoms with Gasteiger partial charge in [0.05, 0.1) is 0 Å². The Morgan fingerprint density at radius 1 is 1.35 bits per heavy atom. The number of aryl methyl sites for hydroxylation is 1. The lowest BCUT2D eigenvalue weighted by atomic mass is 10.1. The Labute approximate surface area is 127 Å². The van der Waals surface area contributed by atoms with Gasteiger partial charge in [-0.1, -0.05) is 25.7 Å². The highest BCUT2D eigenvalue weighted by Gasteiger charge is 2.15. The van der Waals surface area contributed by atoms with Crippen LogP contribution in [0.2, 0.25) is 0 Å². The molecule has 0 saturated heterocycles. The molecule has 0 aliphatic heterocycles. The van der Waals surface area contributed by atoms with Gasteiger partial charge < -0.3 is 9.88 Å². The fourth-order valence-corrected chi connectivity index (χ4v) is 3.30. The largest absolute Gasteiger partial charge is 0.352 e. The highest BCUT2D eigenvalue weighted by Crippen LogP contribution is 2.17. The third-order valence-corrected chi connectivity index (χ3v) is 4.20. The fourth-order valence-electron chi connectivity index (χ4n) is 2.71. The van der Waals surface area contributed by atoms with Gasteiger partial charge in [0, 0.05) is 22.3 Å². The molecular formula is C15H21BrN2O2. The molecule has 0 unspecified atom stereocenters. The zero-order valence-electron chi connectivity index (χ0n) is 11.8. The van der Waals surface area contributed by atoms with Gasteiger partial charge in [-0.3, -0.25) is 9.59 Å². The highest BCUT2D eigenvalue weighted by atomic mass is 79.9. The summed E-state index contributed by atoms with van der Waals surface area (Å²) in [5.74, 6) is -0.0727. The average Bonchev–Trinajstić information content (AvgIpc) is 2.64. The van der Waals surface area contributed by atoms with Gasteiger partial charge in [-0.05, 0) is 41.8 Å². The van der Waals surface area contributed by atoms with E-state index in [-0.39, 0.29) is 24.1 Å². The number of hydrogen-bond donors (Lipinski definition) is 1. The third kappa shape index (κ3) is 4.20. The summed E-state index contributed by atoms with van der Waals surface area (Å²) >= 11 is 3.35. The molecule has 0 bridgehead atoms. The standard InChI is InChI=1S/C15H21BrN2O2/c1-11-8-12(16)9-18(15(11)20)10-14(19)17-13-6-4-2-3-5-7-13/h8-9,13H,2-7,10H2,1H3,(H,17,19). The SMILES string of the molecule is Cc1cc(Br)cn(CC(=O)NC2CCCCCC2)c1=O. The van der Waals surface area contributed by atoms with Gasteiger partial charge in [-0.15, -0.1) is 0 Å². The van der Waals surface area contributed by atoms with Crippen LogP contribution in [0.25, 0.3) is 0 Å². The van der Waals surface area contributed by atoms with Gasteiger partial charge >= 0.3 is 0 Å². The van der Waals surface area contributed by atoms with Crippen molar-refractivity contribution in [1.29, 1.82) is 0 Å². The Kier molecular flexibility index (Phi) is 5.40. The molecule has 20 heavy (non-hydrogen) atoms. The van der Waals surface area contributed by atoms with Crippen molar-refractivity contribution in [2.45, 2.75) is 58.0 Å². The second kappa shape index (κ2) is 7.07. The van der Waals surface area contributed by atoms with Crippen LogP contribution in [0.1, 0.15) is 44.1 Å². The van der Waals surface area contributed by atoms with Crippen LogP contribution in [-0.2, 0) is 11.3 Å². The predicted molar refractivity (Wildman–Crippen MR) is 82.8 cm³/mol. The van der Waals surface area contributed by atoms with E-state index in [2.05, 4.69) is 21.2 Å². The van der Waals surface area contributed by atoms with E-state index in [1.807, 2.05) is 0 Å². The molecule has 1 aromatic rings. The molecule has 1 N–H and O–H groups in total. The van der Waals surface area contributed by atoms with Crippen molar-refractivity contribution in [2.24, 2.45) is 0 Å². The topological polar surface area (TPSA) is 51.1 Å². The summed E-state index contributed by atoms with van der Waals surface area (Å²) in [5.41, 5.74) is 0.533. The minimum Gasteiger partial charge on any atom is -0.352 e. The summed E-state index contributed by atoms with van der Waals surface area (Å²) in [6, 6.07) is 2.04. The van der Waals surface area contributed by atoms with Crippen LogP contribution in [0.5, 0.6) is 0 Å². The lowest BCUT2D eigenvalue weighted by molar-refractivity contribution is -0.122. The lowest BCUT2D eigenvalue weighted by Gasteiger charge is -2.17. The van der Waals surface area contributed by atoms with Crippen molar-refractivity contribution in [3.63, 3.8) is 0 Å². The first-order valence-electron chi connectivity index (χ1n) is 7.22. The second-order valence-electron chi connectivity index (χ2n) is 5.53. The number of carbonyl (C=O) groups excluding carboxylic acids is 1. The van der Waals surface area contributed by atoms with Crippen molar-refractivity contribution < 1.29 is 4.79 Å². The number of aromatic nitrogens is 1. The number of halogens is 1.